The van der Waals surface area contributed by atoms with Gasteiger partial charge in [0.2, 0.25) is 5.91 Å². The van der Waals surface area contributed by atoms with E-state index in [4.69, 9.17) is 23.2 Å². The minimum atomic E-state index is -0.364. The highest BCUT2D eigenvalue weighted by molar-refractivity contribution is 6.40. The average Bonchev–Trinajstić information content (AvgIpc) is 2.42. The van der Waals surface area contributed by atoms with Crippen LogP contribution in [0.4, 0.5) is 11.4 Å². The molecule has 0 saturated heterocycles. The molecule has 0 bridgehead atoms. The van der Waals surface area contributed by atoms with Crippen LogP contribution in [0.25, 0.3) is 0 Å². The van der Waals surface area contributed by atoms with Crippen LogP contribution >= 0.6 is 23.2 Å². The van der Waals surface area contributed by atoms with Crippen LogP contribution in [0, 0.1) is 0 Å². The predicted octanol–water partition coefficient (Wildman–Crippen LogP) is 4.20. The summed E-state index contributed by atoms with van der Waals surface area (Å²) in [5.41, 5.74) is 1.29. The van der Waals surface area contributed by atoms with E-state index >= 15 is 0 Å². The first-order valence-electron chi connectivity index (χ1n) is 6.10. The summed E-state index contributed by atoms with van der Waals surface area (Å²) in [6.45, 7) is 1.40. The molecule has 0 heterocycles. The Kier molecular flexibility index (Phi) is 4.83. The summed E-state index contributed by atoms with van der Waals surface area (Å²) < 4.78 is 0. The van der Waals surface area contributed by atoms with Gasteiger partial charge in [-0.15, -0.1) is 0 Å². The van der Waals surface area contributed by atoms with Gasteiger partial charge in [-0.3, -0.25) is 9.59 Å². The Bertz CT molecular complexity index is 682. The summed E-state index contributed by atoms with van der Waals surface area (Å²) in [5, 5.41) is 5.99. The largest absolute Gasteiger partial charge is 0.326 e. The van der Waals surface area contributed by atoms with E-state index in [9.17, 15) is 9.59 Å². The van der Waals surface area contributed by atoms with Gasteiger partial charge in [-0.25, -0.2) is 0 Å². The Balaban J connectivity index is 2.23. The van der Waals surface area contributed by atoms with Crippen molar-refractivity contribution in [2.24, 2.45) is 0 Å². The van der Waals surface area contributed by atoms with E-state index < -0.39 is 0 Å². The van der Waals surface area contributed by atoms with Gasteiger partial charge in [-0.2, -0.15) is 0 Å². The van der Waals surface area contributed by atoms with Crippen molar-refractivity contribution in [3.05, 3.63) is 58.1 Å². The van der Waals surface area contributed by atoms with E-state index in [1.807, 2.05) is 0 Å². The fourth-order valence-corrected chi connectivity index (χ4v) is 2.24. The van der Waals surface area contributed by atoms with Crippen LogP contribution < -0.4 is 10.6 Å². The molecular weight excluding hydrogens is 311 g/mol. The lowest BCUT2D eigenvalue weighted by atomic mass is 10.2. The molecule has 108 valence electrons. The van der Waals surface area contributed by atoms with E-state index in [2.05, 4.69) is 10.6 Å². The zero-order valence-corrected chi connectivity index (χ0v) is 12.6. The number of hydrogen-bond donors (Lipinski definition) is 2. The van der Waals surface area contributed by atoms with E-state index in [0.717, 1.165) is 0 Å². The Labute approximate surface area is 132 Å². The lowest BCUT2D eigenvalue weighted by molar-refractivity contribution is -0.114. The minimum Gasteiger partial charge on any atom is -0.326 e. The van der Waals surface area contributed by atoms with Gasteiger partial charge in [0.05, 0.1) is 15.7 Å². The molecular formula is C15H12Cl2N2O2. The smallest absolute Gasteiger partial charge is 0.255 e. The molecule has 0 unspecified atom stereocenters. The first-order valence-corrected chi connectivity index (χ1v) is 6.86. The number of anilines is 2. The van der Waals surface area contributed by atoms with Gasteiger partial charge in [0, 0.05) is 18.2 Å². The van der Waals surface area contributed by atoms with E-state index in [-0.39, 0.29) is 11.8 Å². The van der Waals surface area contributed by atoms with E-state index in [1.165, 1.54) is 6.92 Å². The van der Waals surface area contributed by atoms with Gasteiger partial charge >= 0.3 is 0 Å². The molecule has 0 aliphatic rings. The predicted molar refractivity (Wildman–Crippen MR) is 85.2 cm³/mol. The standard InChI is InChI=1S/C15H12Cl2N2O2/c1-9(20)18-11-5-2-4-10(8-11)15(21)19-14-12(16)6-3-7-13(14)17/h2-8H,1H3,(H,18,20)(H,19,21). The third-order valence-electron chi connectivity index (χ3n) is 2.65. The second kappa shape index (κ2) is 6.61. The topological polar surface area (TPSA) is 58.2 Å². The first kappa shape index (κ1) is 15.4. The Morgan fingerprint density at radius 1 is 0.952 bits per heavy atom. The number of para-hydroxylation sites is 1. The van der Waals surface area contributed by atoms with Gasteiger partial charge < -0.3 is 10.6 Å². The quantitative estimate of drug-likeness (QED) is 0.889. The fourth-order valence-electron chi connectivity index (χ4n) is 1.74. The molecule has 0 saturated carbocycles. The highest BCUT2D eigenvalue weighted by atomic mass is 35.5. The highest BCUT2D eigenvalue weighted by Gasteiger charge is 2.12. The summed E-state index contributed by atoms with van der Waals surface area (Å²) in [5.74, 6) is -0.570. The van der Waals surface area contributed by atoms with Crippen LogP contribution in [0.15, 0.2) is 42.5 Å². The number of rotatable bonds is 3. The van der Waals surface area contributed by atoms with Crippen molar-refractivity contribution in [1.82, 2.24) is 0 Å². The molecule has 0 aliphatic carbocycles. The van der Waals surface area contributed by atoms with Crippen molar-refractivity contribution in [1.29, 1.82) is 0 Å². The van der Waals surface area contributed by atoms with Crippen LogP contribution in [0.3, 0.4) is 0 Å². The summed E-state index contributed by atoms with van der Waals surface area (Å²) in [4.78, 5) is 23.2. The van der Waals surface area contributed by atoms with E-state index in [1.54, 1.807) is 42.5 Å². The van der Waals surface area contributed by atoms with Gasteiger partial charge in [0.1, 0.15) is 0 Å². The first-order chi connectivity index (χ1) is 9.97. The van der Waals surface area contributed by atoms with Crippen LogP contribution in [0.5, 0.6) is 0 Å². The third-order valence-corrected chi connectivity index (χ3v) is 3.28. The van der Waals surface area contributed by atoms with Crippen molar-refractivity contribution in [2.45, 2.75) is 6.92 Å². The Morgan fingerprint density at radius 2 is 1.57 bits per heavy atom. The monoisotopic (exact) mass is 322 g/mol. The minimum absolute atomic E-state index is 0.207. The molecule has 2 rings (SSSR count). The zero-order chi connectivity index (χ0) is 15.4. The number of carbonyl (C=O) groups is 2. The van der Waals surface area contributed by atoms with Crippen molar-refractivity contribution in [3.63, 3.8) is 0 Å². The third kappa shape index (κ3) is 3.97. The van der Waals surface area contributed by atoms with Crippen LogP contribution in [0.1, 0.15) is 17.3 Å². The molecule has 2 N–H and O–H groups in total. The molecule has 4 nitrogen and oxygen atoms in total. The molecule has 0 aliphatic heterocycles. The number of amides is 2. The number of nitrogens with one attached hydrogen (secondary N) is 2. The fraction of sp³-hybridized carbons (Fsp3) is 0.0667. The molecule has 2 amide bonds. The molecule has 0 fully saturated rings. The van der Waals surface area contributed by atoms with Crippen LogP contribution in [-0.2, 0) is 4.79 Å². The van der Waals surface area contributed by atoms with Crippen molar-refractivity contribution >= 4 is 46.4 Å². The number of benzene rings is 2. The normalized spacial score (nSPS) is 10.0. The maximum absolute atomic E-state index is 12.2. The van der Waals surface area contributed by atoms with Gasteiger partial charge in [0.25, 0.3) is 5.91 Å². The molecule has 0 atom stereocenters. The number of carbonyl (C=O) groups excluding carboxylic acids is 2. The maximum atomic E-state index is 12.2. The molecule has 0 aromatic heterocycles. The highest BCUT2D eigenvalue weighted by Crippen LogP contribution is 2.30. The van der Waals surface area contributed by atoms with Gasteiger partial charge in [0.15, 0.2) is 0 Å². The summed E-state index contributed by atoms with van der Waals surface area (Å²) in [6.07, 6.45) is 0. The van der Waals surface area contributed by atoms with Crippen LogP contribution in [0.2, 0.25) is 10.0 Å². The molecule has 0 spiro atoms. The molecule has 6 heteroatoms. The summed E-state index contributed by atoms with van der Waals surface area (Å²) in [7, 11) is 0. The molecule has 0 radical (unpaired) electrons. The second-order valence-electron chi connectivity index (χ2n) is 4.31. The Morgan fingerprint density at radius 3 is 2.19 bits per heavy atom. The number of halogens is 2. The van der Waals surface area contributed by atoms with Crippen LogP contribution in [-0.4, -0.2) is 11.8 Å². The molecule has 21 heavy (non-hydrogen) atoms. The van der Waals surface area contributed by atoms with Crippen molar-refractivity contribution in [2.75, 3.05) is 10.6 Å². The maximum Gasteiger partial charge on any atom is 0.255 e. The molecule has 2 aromatic rings. The zero-order valence-electron chi connectivity index (χ0n) is 11.1. The second-order valence-corrected chi connectivity index (χ2v) is 5.13. The Hall–Kier alpha value is -2.04. The summed E-state index contributed by atoms with van der Waals surface area (Å²) in [6, 6.07) is 11.5. The SMILES string of the molecule is CC(=O)Nc1cccc(C(=O)Nc2c(Cl)cccc2Cl)c1. The van der Waals surface area contributed by atoms with Gasteiger partial charge in [-0.05, 0) is 30.3 Å². The average molecular weight is 323 g/mol. The summed E-state index contributed by atoms with van der Waals surface area (Å²) >= 11 is 12.0. The van der Waals surface area contributed by atoms with Crippen molar-refractivity contribution in [3.8, 4) is 0 Å². The molecule has 2 aromatic carbocycles. The van der Waals surface area contributed by atoms with Crippen molar-refractivity contribution < 1.29 is 9.59 Å². The number of hydrogen-bond acceptors (Lipinski definition) is 2. The lowest BCUT2D eigenvalue weighted by Gasteiger charge is -2.10. The van der Waals surface area contributed by atoms with Gasteiger partial charge in [-0.1, -0.05) is 35.3 Å². The lowest BCUT2D eigenvalue weighted by Crippen LogP contribution is -2.13. The van der Waals surface area contributed by atoms with E-state index in [0.29, 0.717) is 27.0 Å².